The van der Waals surface area contributed by atoms with Gasteiger partial charge >= 0.3 is 0 Å². The van der Waals surface area contributed by atoms with Crippen molar-refractivity contribution in [3.8, 4) is 23.1 Å². The Balaban J connectivity index is 0.889. The quantitative estimate of drug-likeness (QED) is 0.0377. The summed E-state index contributed by atoms with van der Waals surface area (Å²) in [4.78, 5) is 38.5. The molecule has 18 heteroatoms. The largest absolute Gasteiger partial charge is 0.489 e. The first kappa shape index (κ1) is 48.7. The number of likely N-dealkylation sites (tertiary alicyclic amines) is 1. The third-order valence-corrected chi connectivity index (χ3v) is 17.3. The van der Waals surface area contributed by atoms with Crippen molar-refractivity contribution in [2.75, 3.05) is 56.7 Å². The van der Waals surface area contributed by atoms with Crippen LogP contribution in [-0.2, 0) is 10.0 Å². The van der Waals surface area contributed by atoms with Crippen molar-refractivity contribution in [3.63, 3.8) is 0 Å². The van der Waals surface area contributed by atoms with E-state index in [1.54, 1.807) is 24.4 Å². The zero-order valence-corrected chi connectivity index (χ0v) is 41.9. The number of fused-ring (bicyclic) bond motifs is 2. The molecule has 0 unspecified atom stereocenters. The number of pyridine rings is 1. The van der Waals surface area contributed by atoms with E-state index in [9.17, 15) is 28.4 Å². The highest BCUT2D eigenvalue weighted by Gasteiger charge is 2.50. The number of piperidine rings is 1. The third kappa shape index (κ3) is 10.00. The molecule has 0 radical (unpaired) electrons. The van der Waals surface area contributed by atoms with Crippen LogP contribution in [0.4, 0.5) is 17.1 Å². The molecule has 5 aromatic rings. The SMILES string of the molecule is CNCCOc1nc2[nH]ccc2cc1Oc1cc(N2CCC3(CC2)CC(N2CCC[C@@H]2c2ccccc2C(C)C)C3)ccc1C(=O)NS(=O)(=O)c1cc2c(c([N+](=O)[O-])c1)N[C@@H]([C@H]1CC[C@](C)(O)CC1)CO2. The van der Waals surface area contributed by atoms with Crippen molar-refractivity contribution < 1.29 is 37.5 Å². The number of amides is 1. The minimum absolute atomic E-state index is 0.00806. The van der Waals surface area contributed by atoms with Gasteiger partial charge in [0.25, 0.3) is 27.5 Å². The summed E-state index contributed by atoms with van der Waals surface area (Å²) in [5.41, 5.74) is 3.34. The van der Waals surface area contributed by atoms with E-state index in [-0.39, 0.29) is 65.0 Å². The fraction of sp³-hybridized carbons (Fsp3) is 0.509. The van der Waals surface area contributed by atoms with Gasteiger partial charge in [0.2, 0.25) is 0 Å². The van der Waals surface area contributed by atoms with Crippen LogP contribution in [0.25, 0.3) is 11.0 Å². The lowest BCUT2D eigenvalue weighted by molar-refractivity contribution is -0.384. The van der Waals surface area contributed by atoms with Crippen molar-refractivity contribution in [2.45, 2.75) is 120 Å². The molecule has 5 heterocycles. The molecule has 10 rings (SSSR count). The maximum atomic E-state index is 14.4. The standard InChI is InChI=1S/C53H66N8O9S/c1-33(2)39-8-5-6-9-40(39)43-10-7-22-60(43)37-30-53(31-37)18-23-59(24-19-53)36-11-12-41(45(27-36)70-47-26-35-15-20-55-49(35)57-51(47)68-25-21-54-4)50(62)58-71(66,67)38-28-44(61(64)65)48-46(29-38)69-32-42(56-48)34-13-16-52(3,63)17-14-34/h5-6,8-9,11-12,15,20,26-29,33-34,37,42-43,54,56,63H,7,10,13-14,16-19,21-25,30-32H2,1-4H3,(H,55,57)(H,58,62)/t34-,42-,43-,52-/m1/s1. The predicted octanol–water partition coefficient (Wildman–Crippen LogP) is 8.80. The van der Waals surface area contributed by atoms with Crippen LogP contribution in [0.1, 0.15) is 118 Å². The minimum atomic E-state index is -4.71. The highest BCUT2D eigenvalue weighted by molar-refractivity contribution is 7.90. The van der Waals surface area contributed by atoms with Gasteiger partial charge < -0.3 is 39.8 Å². The molecule has 2 saturated carbocycles. The number of aliphatic hydroxyl groups is 1. The summed E-state index contributed by atoms with van der Waals surface area (Å²) < 4.78 is 49.1. The molecule has 2 aromatic heterocycles. The molecule has 1 spiro atoms. The van der Waals surface area contributed by atoms with Gasteiger partial charge in [0.05, 0.1) is 27.0 Å². The number of H-pyrrole nitrogens is 1. The molecule has 71 heavy (non-hydrogen) atoms. The van der Waals surface area contributed by atoms with Gasteiger partial charge in [0.15, 0.2) is 17.2 Å². The molecule has 5 aliphatic rings. The van der Waals surface area contributed by atoms with Crippen molar-refractivity contribution in [3.05, 3.63) is 99.7 Å². The number of anilines is 2. The number of hydrogen-bond donors (Lipinski definition) is 5. The smallest absolute Gasteiger partial charge is 0.297 e. The lowest BCUT2D eigenvalue weighted by Gasteiger charge is -2.56. The molecule has 4 fully saturated rings. The molecule has 2 atom stereocenters. The molecule has 0 bridgehead atoms. The summed E-state index contributed by atoms with van der Waals surface area (Å²) in [7, 11) is -2.90. The summed E-state index contributed by atoms with van der Waals surface area (Å²) in [6.45, 7) is 10.1. The number of nitrogens with zero attached hydrogens (tertiary/aromatic N) is 4. The number of hydrogen-bond acceptors (Lipinski definition) is 14. The Morgan fingerprint density at radius 3 is 2.54 bits per heavy atom. The molecule has 2 aliphatic carbocycles. The Morgan fingerprint density at radius 2 is 1.79 bits per heavy atom. The number of rotatable bonds is 15. The Kier molecular flexibility index (Phi) is 13.4. The second-order valence-corrected chi connectivity index (χ2v) is 22.8. The molecular formula is C53H66N8O9S. The van der Waals surface area contributed by atoms with Crippen LogP contribution in [0, 0.1) is 21.4 Å². The van der Waals surface area contributed by atoms with E-state index in [0.29, 0.717) is 55.9 Å². The number of sulfonamides is 1. The fourth-order valence-electron chi connectivity index (χ4n) is 11.9. The predicted molar refractivity (Wildman–Crippen MR) is 271 cm³/mol. The molecule has 3 aliphatic heterocycles. The van der Waals surface area contributed by atoms with Crippen LogP contribution in [0.5, 0.6) is 23.1 Å². The second kappa shape index (κ2) is 19.6. The highest BCUT2D eigenvalue weighted by Crippen LogP contribution is 2.54. The average molecular weight is 991 g/mol. The van der Waals surface area contributed by atoms with E-state index in [4.69, 9.17) is 14.2 Å². The van der Waals surface area contributed by atoms with E-state index < -0.39 is 37.0 Å². The summed E-state index contributed by atoms with van der Waals surface area (Å²) in [5, 5.41) is 30.0. The maximum Gasteiger partial charge on any atom is 0.297 e. The van der Waals surface area contributed by atoms with Crippen LogP contribution in [0.3, 0.4) is 0 Å². The van der Waals surface area contributed by atoms with Crippen LogP contribution >= 0.6 is 0 Å². The van der Waals surface area contributed by atoms with Gasteiger partial charge in [-0.3, -0.25) is 19.8 Å². The van der Waals surface area contributed by atoms with Crippen molar-refractivity contribution in [2.24, 2.45) is 11.3 Å². The number of nitro groups is 1. The number of nitrogens with one attached hydrogen (secondary N) is 4. The molecular weight excluding hydrogens is 925 g/mol. The van der Waals surface area contributed by atoms with Gasteiger partial charge in [-0.2, -0.15) is 4.98 Å². The fourth-order valence-corrected chi connectivity index (χ4v) is 12.9. The second-order valence-electron chi connectivity index (χ2n) is 21.1. The van der Waals surface area contributed by atoms with Crippen LogP contribution in [-0.4, -0.2) is 103 Å². The number of nitro benzene ring substituents is 1. The number of ether oxygens (including phenoxy) is 3. The van der Waals surface area contributed by atoms with Gasteiger partial charge in [0.1, 0.15) is 24.6 Å². The summed E-state index contributed by atoms with van der Waals surface area (Å²) in [5.74, 6) is 0.0545. The lowest BCUT2D eigenvalue weighted by Crippen LogP contribution is -2.54. The lowest BCUT2D eigenvalue weighted by atomic mass is 9.59. The number of aromatic nitrogens is 2. The normalized spacial score (nSPS) is 23.5. The van der Waals surface area contributed by atoms with Crippen LogP contribution in [0.2, 0.25) is 0 Å². The first-order valence-corrected chi connectivity index (χ1v) is 26.8. The van der Waals surface area contributed by atoms with Gasteiger partial charge in [0, 0.05) is 67.2 Å². The van der Waals surface area contributed by atoms with E-state index in [2.05, 4.69) is 73.2 Å². The van der Waals surface area contributed by atoms with Gasteiger partial charge in [-0.25, -0.2) is 13.1 Å². The Labute approximate surface area is 415 Å². The third-order valence-electron chi connectivity index (χ3n) is 16.0. The van der Waals surface area contributed by atoms with Gasteiger partial charge in [-0.1, -0.05) is 38.1 Å². The van der Waals surface area contributed by atoms with E-state index in [0.717, 1.165) is 49.6 Å². The molecule has 2 saturated heterocycles. The number of benzene rings is 3. The minimum Gasteiger partial charge on any atom is -0.489 e. The molecule has 1 amide bonds. The Hall–Kier alpha value is -5.95. The monoisotopic (exact) mass is 990 g/mol. The Bertz CT molecular complexity index is 2900. The van der Waals surface area contributed by atoms with E-state index in [1.807, 2.05) is 26.1 Å². The van der Waals surface area contributed by atoms with Crippen molar-refractivity contribution >= 4 is 44.0 Å². The average Bonchev–Trinajstić information content (AvgIpc) is 4.02. The molecule has 3 aromatic carbocycles. The number of aromatic amines is 1. The van der Waals surface area contributed by atoms with E-state index in [1.165, 1.54) is 42.9 Å². The Morgan fingerprint density at radius 1 is 1.01 bits per heavy atom. The van der Waals surface area contributed by atoms with Gasteiger partial charge in [-0.05, 0) is 137 Å². The maximum absolute atomic E-state index is 14.4. The van der Waals surface area contributed by atoms with E-state index >= 15 is 0 Å². The number of carbonyl (C=O) groups is 1. The van der Waals surface area contributed by atoms with Crippen LogP contribution < -0.4 is 34.5 Å². The summed E-state index contributed by atoms with van der Waals surface area (Å²) in [6, 6.07) is 20.6. The first-order chi connectivity index (χ1) is 34.1. The van der Waals surface area contributed by atoms with Crippen LogP contribution in [0.15, 0.2) is 77.8 Å². The number of likely N-dealkylation sites (N-methyl/N-ethyl adjacent to an activating group) is 1. The molecule has 17 nitrogen and oxygen atoms in total. The molecule has 378 valence electrons. The summed E-state index contributed by atoms with van der Waals surface area (Å²) >= 11 is 0. The van der Waals surface area contributed by atoms with Crippen molar-refractivity contribution in [1.29, 1.82) is 0 Å². The van der Waals surface area contributed by atoms with Gasteiger partial charge in [-0.15, -0.1) is 0 Å². The zero-order valence-electron chi connectivity index (χ0n) is 41.0. The topological polar surface area (TPSA) is 214 Å². The zero-order chi connectivity index (χ0) is 49.7. The van der Waals surface area contributed by atoms with Crippen molar-refractivity contribution in [1.82, 2.24) is 24.9 Å². The number of carbonyl (C=O) groups excluding carboxylic acids is 1. The highest BCUT2D eigenvalue weighted by atomic mass is 32.2. The summed E-state index contributed by atoms with van der Waals surface area (Å²) in [6.07, 6.45) is 11.2. The first-order valence-electron chi connectivity index (χ1n) is 25.3. The molecule has 5 N–H and O–H groups in total.